The van der Waals surface area contributed by atoms with E-state index in [4.69, 9.17) is 0 Å². The molecule has 0 aliphatic carbocycles. The van der Waals surface area contributed by atoms with E-state index in [1.54, 1.807) is 4.90 Å². The second-order valence-corrected chi connectivity index (χ2v) is 5.02. The van der Waals surface area contributed by atoms with Crippen molar-refractivity contribution in [1.29, 1.82) is 0 Å². The predicted molar refractivity (Wildman–Crippen MR) is 72.1 cm³/mol. The number of piperazine rings is 1. The van der Waals surface area contributed by atoms with Gasteiger partial charge < -0.3 is 15.1 Å². The Bertz CT molecular complexity index is 473. The molecule has 1 aliphatic heterocycles. The first kappa shape index (κ1) is 14.9. The first-order valence-corrected chi connectivity index (χ1v) is 6.67. The third-order valence-electron chi connectivity index (χ3n) is 3.46. The first-order chi connectivity index (χ1) is 9.56. The van der Waals surface area contributed by atoms with Crippen molar-refractivity contribution in [2.75, 3.05) is 39.8 Å². The molecule has 0 radical (unpaired) electrons. The zero-order chi connectivity index (χ0) is 14.5. The van der Waals surface area contributed by atoms with Crippen LogP contribution in [0.15, 0.2) is 18.2 Å². The van der Waals surface area contributed by atoms with E-state index in [1.807, 2.05) is 7.05 Å². The van der Waals surface area contributed by atoms with Crippen molar-refractivity contribution in [2.45, 2.75) is 6.54 Å². The number of benzene rings is 1. The van der Waals surface area contributed by atoms with Crippen LogP contribution in [-0.2, 0) is 11.3 Å². The fourth-order valence-corrected chi connectivity index (χ4v) is 2.14. The molecule has 4 nitrogen and oxygen atoms in total. The van der Waals surface area contributed by atoms with Gasteiger partial charge in [-0.2, -0.15) is 0 Å². The molecule has 2 rings (SSSR count). The lowest BCUT2D eigenvalue weighted by Crippen LogP contribution is -2.49. The average molecular weight is 283 g/mol. The topological polar surface area (TPSA) is 35.6 Å². The Morgan fingerprint density at radius 1 is 1.25 bits per heavy atom. The van der Waals surface area contributed by atoms with E-state index < -0.39 is 11.6 Å². The number of hydrogen-bond donors (Lipinski definition) is 1. The van der Waals surface area contributed by atoms with E-state index in [2.05, 4.69) is 10.2 Å². The lowest BCUT2D eigenvalue weighted by Gasteiger charge is -2.32. The Balaban J connectivity index is 1.76. The summed E-state index contributed by atoms with van der Waals surface area (Å²) in [5.41, 5.74) is 0.359. The maximum Gasteiger partial charge on any atom is 0.236 e. The molecule has 1 saturated heterocycles. The number of rotatable bonds is 4. The molecular weight excluding hydrogens is 264 g/mol. The predicted octanol–water partition coefficient (Wildman–Crippen LogP) is 0.828. The minimum atomic E-state index is -0.597. The molecule has 0 saturated carbocycles. The summed E-state index contributed by atoms with van der Waals surface area (Å²) in [6, 6.07) is 3.44. The van der Waals surface area contributed by atoms with Gasteiger partial charge in [0, 0.05) is 44.4 Å². The van der Waals surface area contributed by atoms with E-state index in [9.17, 15) is 13.6 Å². The summed E-state index contributed by atoms with van der Waals surface area (Å²) in [5, 5.41) is 2.90. The third kappa shape index (κ3) is 3.98. The second kappa shape index (κ2) is 6.76. The molecule has 0 bridgehead atoms. The van der Waals surface area contributed by atoms with E-state index in [-0.39, 0.29) is 19.0 Å². The number of amides is 1. The van der Waals surface area contributed by atoms with Crippen molar-refractivity contribution < 1.29 is 13.6 Å². The third-order valence-corrected chi connectivity index (χ3v) is 3.46. The summed E-state index contributed by atoms with van der Waals surface area (Å²) in [6.07, 6.45) is 0. The first-order valence-electron chi connectivity index (χ1n) is 6.67. The van der Waals surface area contributed by atoms with Crippen molar-refractivity contribution in [3.8, 4) is 0 Å². The fraction of sp³-hybridized carbons (Fsp3) is 0.500. The van der Waals surface area contributed by atoms with Gasteiger partial charge in [-0.25, -0.2) is 8.78 Å². The zero-order valence-electron chi connectivity index (χ0n) is 11.5. The molecule has 1 heterocycles. The van der Waals surface area contributed by atoms with Crippen LogP contribution in [0.4, 0.5) is 8.78 Å². The number of carbonyl (C=O) groups is 1. The monoisotopic (exact) mass is 283 g/mol. The van der Waals surface area contributed by atoms with Gasteiger partial charge in [0.15, 0.2) is 0 Å². The van der Waals surface area contributed by atoms with Gasteiger partial charge in [0.05, 0.1) is 6.54 Å². The molecule has 6 heteroatoms. The van der Waals surface area contributed by atoms with Gasteiger partial charge >= 0.3 is 0 Å². The van der Waals surface area contributed by atoms with Crippen molar-refractivity contribution in [3.63, 3.8) is 0 Å². The van der Waals surface area contributed by atoms with Gasteiger partial charge in [-0.1, -0.05) is 6.07 Å². The van der Waals surface area contributed by atoms with Crippen molar-refractivity contribution in [2.24, 2.45) is 0 Å². The molecule has 0 aromatic heterocycles. The highest BCUT2D eigenvalue weighted by Gasteiger charge is 2.18. The molecule has 110 valence electrons. The minimum absolute atomic E-state index is 0.0145. The molecule has 20 heavy (non-hydrogen) atoms. The molecular formula is C14H19F2N3O. The number of nitrogens with one attached hydrogen (secondary N) is 1. The van der Waals surface area contributed by atoms with Gasteiger partial charge in [0.2, 0.25) is 5.91 Å². The summed E-state index contributed by atoms with van der Waals surface area (Å²) >= 11 is 0. The molecule has 0 atom stereocenters. The van der Waals surface area contributed by atoms with Crippen molar-refractivity contribution in [3.05, 3.63) is 35.4 Å². The van der Waals surface area contributed by atoms with Crippen LogP contribution >= 0.6 is 0 Å². The smallest absolute Gasteiger partial charge is 0.236 e. The second-order valence-electron chi connectivity index (χ2n) is 5.02. The number of likely N-dealkylation sites (N-methyl/N-ethyl adjacent to an activating group) is 1. The Kier molecular flexibility index (Phi) is 5.03. The highest BCUT2D eigenvalue weighted by Crippen LogP contribution is 2.09. The lowest BCUT2D eigenvalue weighted by molar-refractivity contribution is -0.131. The summed E-state index contributed by atoms with van der Waals surface area (Å²) in [7, 11) is 2.03. The van der Waals surface area contributed by atoms with Crippen LogP contribution in [0.5, 0.6) is 0 Å². The lowest BCUT2D eigenvalue weighted by atomic mass is 10.2. The maximum atomic E-state index is 13.4. The fourth-order valence-electron chi connectivity index (χ4n) is 2.14. The number of nitrogens with zero attached hydrogens (tertiary/aromatic N) is 2. The van der Waals surface area contributed by atoms with Gasteiger partial charge in [0.1, 0.15) is 11.6 Å². The normalized spacial score (nSPS) is 16.4. The van der Waals surface area contributed by atoms with Crippen LogP contribution in [0.25, 0.3) is 0 Å². The van der Waals surface area contributed by atoms with Crippen LogP contribution in [0.1, 0.15) is 5.56 Å². The van der Waals surface area contributed by atoms with Gasteiger partial charge in [-0.05, 0) is 13.1 Å². The summed E-state index contributed by atoms with van der Waals surface area (Å²) in [4.78, 5) is 15.9. The van der Waals surface area contributed by atoms with Gasteiger partial charge in [-0.15, -0.1) is 0 Å². The van der Waals surface area contributed by atoms with Crippen LogP contribution < -0.4 is 5.32 Å². The SMILES string of the molecule is CN1CCN(C(=O)CNCc2ccc(F)cc2F)CC1. The largest absolute Gasteiger partial charge is 0.339 e. The minimum Gasteiger partial charge on any atom is -0.339 e. The van der Waals surface area contributed by atoms with Crippen LogP contribution in [0.2, 0.25) is 0 Å². The summed E-state index contributed by atoms with van der Waals surface area (Å²) in [5.74, 6) is -1.18. The average Bonchev–Trinajstić information content (AvgIpc) is 2.42. The van der Waals surface area contributed by atoms with Crippen molar-refractivity contribution >= 4 is 5.91 Å². The Hall–Kier alpha value is -1.53. The molecule has 1 aromatic carbocycles. The van der Waals surface area contributed by atoms with Crippen LogP contribution in [-0.4, -0.2) is 55.5 Å². The molecule has 1 aliphatic rings. The standard InChI is InChI=1S/C14H19F2N3O/c1-18-4-6-19(7-5-18)14(20)10-17-9-11-2-3-12(15)8-13(11)16/h2-3,8,17H,4-7,9-10H2,1H3. The van der Waals surface area contributed by atoms with E-state index in [1.165, 1.54) is 12.1 Å². The van der Waals surface area contributed by atoms with Gasteiger partial charge in [-0.3, -0.25) is 4.79 Å². The molecule has 0 unspecified atom stereocenters. The van der Waals surface area contributed by atoms with Crippen LogP contribution in [0, 0.1) is 11.6 Å². The number of hydrogen-bond acceptors (Lipinski definition) is 3. The number of halogens is 2. The maximum absolute atomic E-state index is 13.4. The summed E-state index contributed by atoms with van der Waals surface area (Å²) in [6.45, 7) is 3.58. The van der Waals surface area contributed by atoms with Crippen LogP contribution in [0.3, 0.4) is 0 Å². The van der Waals surface area contributed by atoms with Crippen molar-refractivity contribution in [1.82, 2.24) is 15.1 Å². The Morgan fingerprint density at radius 2 is 1.95 bits per heavy atom. The Labute approximate surface area is 117 Å². The quantitative estimate of drug-likeness (QED) is 0.889. The number of carbonyl (C=O) groups excluding carboxylic acids is 1. The molecule has 0 spiro atoms. The van der Waals surface area contributed by atoms with Gasteiger partial charge in [0.25, 0.3) is 0 Å². The molecule has 1 fully saturated rings. The highest BCUT2D eigenvalue weighted by atomic mass is 19.1. The Morgan fingerprint density at radius 3 is 2.60 bits per heavy atom. The zero-order valence-corrected chi connectivity index (χ0v) is 11.5. The highest BCUT2D eigenvalue weighted by molar-refractivity contribution is 5.78. The summed E-state index contributed by atoms with van der Waals surface area (Å²) < 4.78 is 26.1. The van der Waals surface area contributed by atoms with E-state index >= 15 is 0 Å². The molecule has 1 N–H and O–H groups in total. The van der Waals surface area contributed by atoms with E-state index in [0.29, 0.717) is 5.56 Å². The van der Waals surface area contributed by atoms with E-state index in [0.717, 1.165) is 32.2 Å². The molecule has 1 amide bonds. The molecule has 1 aromatic rings.